The van der Waals surface area contributed by atoms with Gasteiger partial charge in [0.1, 0.15) is 0 Å². The second-order valence-electron chi connectivity index (χ2n) is 5.08. The van der Waals surface area contributed by atoms with Gasteiger partial charge >= 0.3 is 5.97 Å². The van der Waals surface area contributed by atoms with Crippen molar-refractivity contribution in [2.24, 2.45) is 0 Å². The maximum Gasteiger partial charge on any atom is 0.331 e. The van der Waals surface area contributed by atoms with Crippen molar-refractivity contribution < 1.29 is 14.3 Å². The lowest BCUT2D eigenvalue weighted by atomic mass is 10.2. The zero-order chi connectivity index (χ0) is 18.2. The van der Waals surface area contributed by atoms with Gasteiger partial charge in [0, 0.05) is 28.4 Å². The Kier molecular flexibility index (Phi) is 7.04. The van der Waals surface area contributed by atoms with Crippen molar-refractivity contribution in [1.82, 2.24) is 0 Å². The smallest absolute Gasteiger partial charge is 0.331 e. The lowest BCUT2D eigenvalue weighted by Gasteiger charge is -2.20. The molecule has 0 aliphatic carbocycles. The van der Waals surface area contributed by atoms with E-state index in [0.29, 0.717) is 22.2 Å². The van der Waals surface area contributed by atoms with Crippen LogP contribution in [0.4, 0.5) is 5.69 Å². The summed E-state index contributed by atoms with van der Waals surface area (Å²) in [5.74, 6) is -0.913. The van der Waals surface area contributed by atoms with Gasteiger partial charge < -0.3 is 9.64 Å². The lowest BCUT2D eigenvalue weighted by Crippen LogP contribution is -2.34. The number of para-hydroxylation sites is 1. The monoisotopic (exact) mass is 377 g/mol. The molecule has 2 rings (SSSR count). The molecular formula is C19H17Cl2NO3. The minimum absolute atomic E-state index is 0.292. The number of esters is 1. The molecule has 0 atom stereocenters. The molecule has 0 heterocycles. The van der Waals surface area contributed by atoms with Gasteiger partial charge in [0.25, 0.3) is 5.91 Å². The summed E-state index contributed by atoms with van der Waals surface area (Å²) < 4.78 is 5.01. The van der Waals surface area contributed by atoms with E-state index in [1.54, 1.807) is 23.1 Å². The topological polar surface area (TPSA) is 46.6 Å². The van der Waals surface area contributed by atoms with E-state index in [0.717, 1.165) is 5.69 Å². The Morgan fingerprint density at radius 1 is 1.12 bits per heavy atom. The number of carbonyl (C=O) groups excluding carboxylic acids is 2. The largest absolute Gasteiger partial charge is 0.452 e. The summed E-state index contributed by atoms with van der Waals surface area (Å²) in [4.78, 5) is 25.6. The number of likely N-dealkylation sites (N-methyl/N-ethyl adjacent to an activating group) is 1. The summed E-state index contributed by atoms with van der Waals surface area (Å²) in [6, 6.07) is 14.1. The van der Waals surface area contributed by atoms with Crippen LogP contribution in [0.5, 0.6) is 0 Å². The van der Waals surface area contributed by atoms with Crippen molar-refractivity contribution in [2.45, 2.75) is 6.92 Å². The number of anilines is 1. The average molecular weight is 378 g/mol. The first kappa shape index (κ1) is 19.0. The van der Waals surface area contributed by atoms with E-state index < -0.39 is 5.97 Å². The highest BCUT2D eigenvalue weighted by molar-refractivity contribution is 6.35. The van der Waals surface area contributed by atoms with Crippen LogP contribution in [0.25, 0.3) is 6.08 Å². The van der Waals surface area contributed by atoms with Gasteiger partial charge in [0.15, 0.2) is 6.61 Å². The molecule has 0 bridgehead atoms. The molecule has 0 aliphatic rings. The average Bonchev–Trinajstić information content (AvgIpc) is 2.61. The molecule has 1 amide bonds. The normalized spacial score (nSPS) is 10.7. The maximum atomic E-state index is 12.2. The van der Waals surface area contributed by atoms with Gasteiger partial charge in [0.2, 0.25) is 0 Å². The standard InChI is InChI=1S/C19H17Cl2NO3/c1-2-22(16-6-4-3-5-7-16)18(23)13-25-19(24)11-9-14-8-10-15(20)12-17(14)21/h3-12H,2,13H2,1H3/b11-9+. The van der Waals surface area contributed by atoms with Crippen molar-refractivity contribution in [3.05, 3.63) is 70.2 Å². The van der Waals surface area contributed by atoms with Gasteiger partial charge in [-0.2, -0.15) is 0 Å². The summed E-state index contributed by atoms with van der Waals surface area (Å²) in [5.41, 5.74) is 1.39. The molecule has 2 aromatic rings. The fourth-order valence-electron chi connectivity index (χ4n) is 2.16. The zero-order valence-electron chi connectivity index (χ0n) is 13.6. The Hall–Kier alpha value is -2.30. The Balaban J connectivity index is 1.92. The molecule has 0 unspecified atom stereocenters. The minimum atomic E-state index is -0.622. The van der Waals surface area contributed by atoms with Crippen LogP contribution < -0.4 is 4.90 Å². The van der Waals surface area contributed by atoms with Crippen LogP contribution in [0.2, 0.25) is 10.0 Å². The highest BCUT2D eigenvalue weighted by atomic mass is 35.5. The van der Waals surface area contributed by atoms with Crippen LogP contribution in [0.15, 0.2) is 54.6 Å². The summed E-state index contributed by atoms with van der Waals surface area (Å²) >= 11 is 11.8. The van der Waals surface area contributed by atoms with Crippen molar-refractivity contribution in [3.8, 4) is 0 Å². The van der Waals surface area contributed by atoms with Gasteiger partial charge in [-0.15, -0.1) is 0 Å². The number of hydrogen-bond acceptors (Lipinski definition) is 3. The maximum absolute atomic E-state index is 12.2. The first-order valence-electron chi connectivity index (χ1n) is 7.66. The predicted molar refractivity (Wildman–Crippen MR) is 101 cm³/mol. The molecular weight excluding hydrogens is 361 g/mol. The molecule has 0 saturated heterocycles. The zero-order valence-corrected chi connectivity index (χ0v) is 15.1. The summed E-state index contributed by atoms with van der Waals surface area (Å²) in [7, 11) is 0. The summed E-state index contributed by atoms with van der Waals surface area (Å²) in [6.07, 6.45) is 2.74. The van der Waals surface area contributed by atoms with Crippen molar-refractivity contribution >= 4 is 46.8 Å². The third kappa shape index (κ3) is 5.62. The molecule has 130 valence electrons. The van der Waals surface area contributed by atoms with E-state index >= 15 is 0 Å². The van der Waals surface area contributed by atoms with E-state index in [1.807, 2.05) is 37.3 Å². The lowest BCUT2D eigenvalue weighted by molar-refractivity contribution is -0.142. The van der Waals surface area contributed by atoms with E-state index in [4.69, 9.17) is 27.9 Å². The number of nitrogens with zero attached hydrogens (tertiary/aromatic N) is 1. The van der Waals surface area contributed by atoms with Crippen LogP contribution in [-0.4, -0.2) is 25.0 Å². The summed E-state index contributed by atoms with van der Waals surface area (Å²) in [6.45, 7) is 2.01. The number of halogens is 2. The van der Waals surface area contributed by atoms with E-state index in [2.05, 4.69) is 0 Å². The minimum Gasteiger partial charge on any atom is -0.452 e. The first-order valence-corrected chi connectivity index (χ1v) is 8.42. The number of rotatable bonds is 6. The molecule has 4 nitrogen and oxygen atoms in total. The molecule has 6 heteroatoms. The van der Waals surface area contributed by atoms with Crippen LogP contribution in [0.3, 0.4) is 0 Å². The van der Waals surface area contributed by atoms with Gasteiger partial charge in [-0.1, -0.05) is 47.5 Å². The van der Waals surface area contributed by atoms with Gasteiger partial charge in [-0.3, -0.25) is 4.79 Å². The SMILES string of the molecule is CCN(C(=O)COC(=O)/C=C/c1ccc(Cl)cc1Cl)c1ccccc1. The molecule has 0 fully saturated rings. The first-order chi connectivity index (χ1) is 12.0. The van der Waals surface area contributed by atoms with Crippen LogP contribution >= 0.6 is 23.2 Å². The molecule has 0 radical (unpaired) electrons. The molecule has 0 aliphatic heterocycles. The molecule has 0 N–H and O–H groups in total. The second-order valence-corrected chi connectivity index (χ2v) is 5.92. The Bertz CT molecular complexity index is 775. The number of amides is 1. The van der Waals surface area contributed by atoms with Crippen molar-refractivity contribution in [1.29, 1.82) is 0 Å². The van der Waals surface area contributed by atoms with Gasteiger partial charge in [-0.25, -0.2) is 4.79 Å². The molecule has 25 heavy (non-hydrogen) atoms. The van der Waals surface area contributed by atoms with Gasteiger partial charge in [0.05, 0.1) is 0 Å². The van der Waals surface area contributed by atoms with Crippen LogP contribution in [-0.2, 0) is 14.3 Å². The molecule has 0 spiro atoms. The number of carbonyl (C=O) groups is 2. The fraction of sp³-hybridized carbons (Fsp3) is 0.158. The quantitative estimate of drug-likeness (QED) is 0.545. The predicted octanol–water partition coefficient (Wildman–Crippen LogP) is 4.60. The van der Waals surface area contributed by atoms with Crippen molar-refractivity contribution in [2.75, 3.05) is 18.1 Å². The van der Waals surface area contributed by atoms with Crippen LogP contribution in [0.1, 0.15) is 12.5 Å². The number of benzene rings is 2. The molecule has 2 aromatic carbocycles. The highest BCUT2D eigenvalue weighted by Crippen LogP contribution is 2.22. The third-order valence-electron chi connectivity index (χ3n) is 3.38. The summed E-state index contributed by atoms with van der Waals surface area (Å²) in [5, 5.41) is 0.935. The third-order valence-corrected chi connectivity index (χ3v) is 3.95. The van der Waals surface area contributed by atoms with Gasteiger partial charge in [-0.05, 0) is 42.8 Å². The Morgan fingerprint density at radius 2 is 1.84 bits per heavy atom. The second kappa shape index (κ2) is 9.25. The van der Waals surface area contributed by atoms with Crippen LogP contribution in [0, 0.1) is 0 Å². The number of hydrogen-bond donors (Lipinski definition) is 0. The van der Waals surface area contributed by atoms with E-state index in [-0.39, 0.29) is 12.5 Å². The Labute approximate surface area is 156 Å². The fourth-order valence-corrected chi connectivity index (χ4v) is 2.64. The molecule has 0 saturated carbocycles. The Morgan fingerprint density at radius 3 is 2.48 bits per heavy atom. The van der Waals surface area contributed by atoms with E-state index in [9.17, 15) is 9.59 Å². The molecule has 0 aromatic heterocycles. The van der Waals surface area contributed by atoms with E-state index in [1.165, 1.54) is 12.2 Å². The highest BCUT2D eigenvalue weighted by Gasteiger charge is 2.15. The van der Waals surface area contributed by atoms with Crippen molar-refractivity contribution in [3.63, 3.8) is 0 Å². The number of ether oxygens (including phenoxy) is 1.